The summed E-state index contributed by atoms with van der Waals surface area (Å²) in [5, 5.41) is 2.78. The van der Waals surface area contributed by atoms with Gasteiger partial charge >= 0.3 is 26.2 Å². The molecule has 0 N–H and O–H groups in total. The summed E-state index contributed by atoms with van der Waals surface area (Å²) in [6, 6.07) is 12.9. The van der Waals surface area contributed by atoms with Gasteiger partial charge in [0, 0.05) is 0 Å². The molecule has 0 amide bonds. The van der Waals surface area contributed by atoms with Crippen molar-refractivity contribution in [1.29, 1.82) is 0 Å². The van der Waals surface area contributed by atoms with Gasteiger partial charge in [-0.2, -0.15) is 12.1 Å². The number of hydrogen-bond acceptors (Lipinski definition) is 0. The third kappa shape index (κ3) is 3.15. The average molecular weight is 305 g/mol. The molecule has 73 valence electrons. The molecule has 0 aliphatic carbocycles. The van der Waals surface area contributed by atoms with Crippen LogP contribution in [0.4, 0.5) is 0 Å². The Bertz CT molecular complexity index is 368. The number of halogens is 2. The molecule has 2 rings (SSSR count). The first kappa shape index (κ1) is 16.7. The van der Waals surface area contributed by atoms with Crippen LogP contribution < -0.4 is 24.8 Å². The molecule has 0 aromatic heterocycles. The number of rotatable bonds is 1. The fourth-order valence-electron chi connectivity index (χ4n) is 1.54. The van der Waals surface area contributed by atoms with Crippen LogP contribution in [0.2, 0.25) is 0 Å². The van der Waals surface area contributed by atoms with Crippen molar-refractivity contribution in [3.05, 3.63) is 42.0 Å². The quantitative estimate of drug-likeness (QED) is 0.497. The summed E-state index contributed by atoms with van der Waals surface area (Å²) in [4.78, 5) is 0. The Balaban J connectivity index is 0. The Kier molecular flexibility index (Phi) is 9.03. The third-order valence-electron chi connectivity index (χ3n) is 2.15. The number of hydrogen-bond donors (Lipinski definition) is 0. The smallest absolute Gasteiger partial charge is 1.00 e. The molecule has 0 saturated carbocycles. The predicted molar refractivity (Wildman–Crippen MR) is 48.9 cm³/mol. The van der Waals surface area contributed by atoms with Crippen LogP contribution >= 0.6 is 0 Å². The van der Waals surface area contributed by atoms with Gasteiger partial charge in [-0.1, -0.05) is 19.4 Å². The topological polar surface area (TPSA) is 0 Å². The molecule has 2 aromatic rings. The Morgan fingerprint density at radius 2 is 1.86 bits per heavy atom. The van der Waals surface area contributed by atoms with Gasteiger partial charge in [0.25, 0.3) is 0 Å². The van der Waals surface area contributed by atoms with Crippen LogP contribution in [0.15, 0.2) is 36.4 Å². The van der Waals surface area contributed by atoms with E-state index in [0.29, 0.717) is 0 Å². The van der Waals surface area contributed by atoms with Gasteiger partial charge in [-0.3, -0.25) is 0 Å². The summed E-state index contributed by atoms with van der Waals surface area (Å²) in [6.45, 7) is 2.20. The molecule has 0 unspecified atom stereocenters. The molecule has 0 fully saturated rings. The van der Waals surface area contributed by atoms with Crippen molar-refractivity contribution in [2.45, 2.75) is 13.3 Å². The van der Waals surface area contributed by atoms with Crippen LogP contribution in [-0.2, 0) is 32.6 Å². The summed E-state index contributed by atoms with van der Waals surface area (Å²) in [6.07, 6.45) is 1.13. The molecule has 0 saturated heterocycles. The van der Waals surface area contributed by atoms with E-state index in [-0.39, 0.29) is 51.0 Å². The van der Waals surface area contributed by atoms with Crippen LogP contribution in [0.1, 0.15) is 12.5 Å². The maximum atomic E-state index is 2.20. The number of benzene rings is 1. The molecule has 14 heavy (non-hydrogen) atoms. The first-order chi connectivity index (χ1) is 5.42. The van der Waals surface area contributed by atoms with Crippen molar-refractivity contribution in [2.75, 3.05) is 0 Å². The monoisotopic (exact) mass is 303 g/mol. The molecule has 1 radical (unpaired) electrons. The molecule has 0 heterocycles. The standard InChI is InChI=1S/C11H11.2ClH.Zr/c1-2-9-5-3-6-10-7-4-8-11(9)10;;;/h3-8H,2H2,1H3;2*1H;/q-1;;;+3/p-2. The van der Waals surface area contributed by atoms with Gasteiger partial charge < -0.3 is 24.8 Å². The van der Waals surface area contributed by atoms with E-state index in [1.54, 1.807) is 0 Å². The molecule has 0 bridgehead atoms. The van der Waals surface area contributed by atoms with Crippen LogP contribution in [0.5, 0.6) is 0 Å². The second-order valence-corrected chi connectivity index (χ2v) is 2.80. The molecular formula is C11H11Cl2Zr. The van der Waals surface area contributed by atoms with Gasteiger partial charge in [-0.05, 0) is 0 Å². The van der Waals surface area contributed by atoms with Crippen LogP contribution in [-0.4, -0.2) is 0 Å². The third-order valence-corrected chi connectivity index (χ3v) is 2.15. The van der Waals surface area contributed by atoms with E-state index in [2.05, 4.69) is 43.3 Å². The van der Waals surface area contributed by atoms with Gasteiger partial charge in [0.1, 0.15) is 0 Å². The van der Waals surface area contributed by atoms with E-state index in [4.69, 9.17) is 0 Å². The van der Waals surface area contributed by atoms with E-state index in [9.17, 15) is 0 Å². The first-order valence-electron chi connectivity index (χ1n) is 4.05. The summed E-state index contributed by atoms with van der Waals surface area (Å²) < 4.78 is 0. The van der Waals surface area contributed by atoms with E-state index < -0.39 is 0 Å². The van der Waals surface area contributed by atoms with Gasteiger partial charge in [-0.25, -0.2) is 0 Å². The van der Waals surface area contributed by atoms with Crippen molar-refractivity contribution >= 4 is 10.8 Å². The molecule has 3 heteroatoms. The zero-order valence-corrected chi connectivity index (χ0v) is 11.9. The Morgan fingerprint density at radius 3 is 2.50 bits per heavy atom. The molecule has 0 aliphatic heterocycles. The Morgan fingerprint density at radius 1 is 1.14 bits per heavy atom. The summed E-state index contributed by atoms with van der Waals surface area (Å²) in [5.74, 6) is 0. The molecule has 2 aromatic carbocycles. The van der Waals surface area contributed by atoms with E-state index >= 15 is 0 Å². The second-order valence-electron chi connectivity index (χ2n) is 2.80. The minimum atomic E-state index is 0. The van der Waals surface area contributed by atoms with Gasteiger partial charge in [-0.15, -0.1) is 34.5 Å². The van der Waals surface area contributed by atoms with Gasteiger partial charge in [0.15, 0.2) is 0 Å². The second kappa shape index (κ2) is 7.57. The fourth-order valence-corrected chi connectivity index (χ4v) is 1.54. The Labute approximate surface area is 116 Å². The summed E-state index contributed by atoms with van der Waals surface area (Å²) >= 11 is 0. The fraction of sp³-hybridized carbons (Fsp3) is 0.182. The zero-order chi connectivity index (χ0) is 7.68. The summed E-state index contributed by atoms with van der Waals surface area (Å²) in [5.41, 5.74) is 1.45. The predicted octanol–water partition coefficient (Wildman–Crippen LogP) is -2.87. The van der Waals surface area contributed by atoms with E-state index in [1.165, 1.54) is 16.3 Å². The summed E-state index contributed by atoms with van der Waals surface area (Å²) in [7, 11) is 0. The normalized spacial score (nSPS) is 8.36. The van der Waals surface area contributed by atoms with Crippen LogP contribution in [0.25, 0.3) is 10.8 Å². The van der Waals surface area contributed by atoms with E-state index in [1.807, 2.05) is 0 Å². The molecule has 0 nitrogen and oxygen atoms in total. The first-order valence-corrected chi connectivity index (χ1v) is 4.05. The van der Waals surface area contributed by atoms with Crippen molar-refractivity contribution in [2.24, 2.45) is 0 Å². The van der Waals surface area contributed by atoms with Crippen LogP contribution in [0, 0.1) is 0 Å². The largest absolute Gasteiger partial charge is 3.00 e. The van der Waals surface area contributed by atoms with Gasteiger partial charge in [0.05, 0.1) is 0 Å². The molecule has 0 spiro atoms. The minimum absolute atomic E-state index is 0. The zero-order valence-electron chi connectivity index (χ0n) is 7.93. The molecular weight excluding hydrogens is 294 g/mol. The average Bonchev–Trinajstić information content (AvgIpc) is 2.50. The number of aryl methyl sites for hydroxylation is 1. The van der Waals surface area contributed by atoms with Crippen molar-refractivity contribution in [1.82, 2.24) is 0 Å². The van der Waals surface area contributed by atoms with Gasteiger partial charge in [0.2, 0.25) is 0 Å². The Hall–Kier alpha value is 0.293. The van der Waals surface area contributed by atoms with Crippen LogP contribution in [0.3, 0.4) is 0 Å². The minimum Gasteiger partial charge on any atom is -1.00 e. The molecule has 0 aliphatic rings. The molecule has 0 atom stereocenters. The number of fused-ring (bicyclic) bond motifs is 1. The van der Waals surface area contributed by atoms with Crippen molar-refractivity contribution in [3.63, 3.8) is 0 Å². The SMILES string of the molecule is CCc1cccc2cc[cH-]c12.[Cl-].[Cl-].[Zr+3]. The van der Waals surface area contributed by atoms with E-state index in [0.717, 1.165) is 6.42 Å². The van der Waals surface area contributed by atoms with Crippen molar-refractivity contribution < 1.29 is 51.0 Å². The maximum absolute atomic E-state index is 2.20. The van der Waals surface area contributed by atoms with Crippen molar-refractivity contribution in [3.8, 4) is 0 Å². The maximum Gasteiger partial charge on any atom is 3.00 e.